The molecule has 2 aromatic rings. The molecule has 0 spiro atoms. The smallest absolute Gasteiger partial charge is 0.0550 e. The summed E-state index contributed by atoms with van der Waals surface area (Å²) in [4.78, 5) is 6.98. The van der Waals surface area contributed by atoms with Crippen molar-refractivity contribution in [3.8, 4) is 0 Å². The van der Waals surface area contributed by atoms with Crippen LogP contribution >= 0.6 is 0 Å². The van der Waals surface area contributed by atoms with Crippen molar-refractivity contribution in [3.05, 3.63) is 41.2 Å². The van der Waals surface area contributed by atoms with Gasteiger partial charge in [-0.25, -0.2) is 0 Å². The molecular formula is C16H22N2. The Balaban J connectivity index is 2.38. The number of benzene rings is 1. The molecule has 1 aromatic carbocycles. The standard InChI is InChI=1S/C16H22N2/c1-5-18(6-2)11-15-9-14-8-12(3)7-13(4)16(14)10-17-15/h7-10H,5-6,11H2,1-4H3. The van der Waals surface area contributed by atoms with E-state index in [4.69, 9.17) is 0 Å². The Labute approximate surface area is 110 Å². The molecule has 0 atom stereocenters. The van der Waals surface area contributed by atoms with E-state index >= 15 is 0 Å². The van der Waals surface area contributed by atoms with E-state index in [0.717, 1.165) is 25.3 Å². The normalized spacial score (nSPS) is 11.4. The van der Waals surface area contributed by atoms with Gasteiger partial charge >= 0.3 is 0 Å². The van der Waals surface area contributed by atoms with Crippen molar-refractivity contribution >= 4 is 10.8 Å². The van der Waals surface area contributed by atoms with E-state index in [1.54, 1.807) is 0 Å². The van der Waals surface area contributed by atoms with Gasteiger partial charge in [0.25, 0.3) is 0 Å². The molecule has 0 bridgehead atoms. The first kappa shape index (κ1) is 13.0. The van der Waals surface area contributed by atoms with Gasteiger partial charge in [-0.2, -0.15) is 0 Å². The average Bonchev–Trinajstić information content (AvgIpc) is 2.35. The Morgan fingerprint density at radius 1 is 1.06 bits per heavy atom. The lowest BCUT2D eigenvalue weighted by atomic mass is 10.0. The van der Waals surface area contributed by atoms with E-state index in [1.807, 2.05) is 6.20 Å². The summed E-state index contributed by atoms with van der Waals surface area (Å²) in [6.45, 7) is 11.8. The lowest BCUT2D eigenvalue weighted by molar-refractivity contribution is 0.292. The SMILES string of the molecule is CCN(CC)Cc1cc2cc(C)cc(C)c2cn1. The van der Waals surface area contributed by atoms with Crippen molar-refractivity contribution in [3.63, 3.8) is 0 Å². The second kappa shape index (κ2) is 5.49. The number of fused-ring (bicyclic) bond motifs is 1. The largest absolute Gasteiger partial charge is 0.298 e. The number of aromatic nitrogens is 1. The summed E-state index contributed by atoms with van der Waals surface area (Å²) in [5.41, 5.74) is 3.79. The summed E-state index contributed by atoms with van der Waals surface area (Å²) in [7, 11) is 0. The molecule has 18 heavy (non-hydrogen) atoms. The first-order chi connectivity index (χ1) is 8.63. The molecule has 2 heteroatoms. The van der Waals surface area contributed by atoms with E-state index in [2.05, 4.69) is 55.8 Å². The van der Waals surface area contributed by atoms with Crippen LogP contribution in [0, 0.1) is 13.8 Å². The van der Waals surface area contributed by atoms with Gasteiger partial charge < -0.3 is 0 Å². The van der Waals surface area contributed by atoms with Gasteiger partial charge in [-0.1, -0.05) is 31.5 Å². The first-order valence-corrected chi connectivity index (χ1v) is 6.72. The lowest BCUT2D eigenvalue weighted by Crippen LogP contribution is -2.22. The number of hydrogen-bond donors (Lipinski definition) is 0. The summed E-state index contributed by atoms with van der Waals surface area (Å²) in [6.07, 6.45) is 2.02. The fourth-order valence-corrected chi connectivity index (χ4v) is 2.43. The molecule has 0 N–H and O–H groups in total. The van der Waals surface area contributed by atoms with Crippen molar-refractivity contribution < 1.29 is 0 Å². The molecule has 0 fully saturated rings. The van der Waals surface area contributed by atoms with E-state index < -0.39 is 0 Å². The minimum Gasteiger partial charge on any atom is -0.298 e. The molecule has 2 nitrogen and oxygen atoms in total. The predicted octanol–water partition coefficient (Wildman–Crippen LogP) is 3.69. The Hall–Kier alpha value is -1.41. The van der Waals surface area contributed by atoms with Crippen LogP contribution in [0.4, 0.5) is 0 Å². The minimum atomic E-state index is 0.940. The van der Waals surface area contributed by atoms with Crippen molar-refractivity contribution in [2.75, 3.05) is 13.1 Å². The van der Waals surface area contributed by atoms with Crippen molar-refractivity contribution in [2.45, 2.75) is 34.2 Å². The van der Waals surface area contributed by atoms with Crippen molar-refractivity contribution in [2.24, 2.45) is 0 Å². The molecule has 0 aliphatic heterocycles. The Morgan fingerprint density at radius 2 is 1.78 bits per heavy atom. The van der Waals surface area contributed by atoms with E-state index in [0.29, 0.717) is 0 Å². The fourth-order valence-electron chi connectivity index (χ4n) is 2.43. The van der Waals surface area contributed by atoms with E-state index in [-0.39, 0.29) is 0 Å². The zero-order chi connectivity index (χ0) is 13.1. The second-order valence-electron chi connectivity index (χ2n) is 4.94. The minimum absolute atomic E-state index is 0.940. The van der Waals surface area contributed by atoms with Crippen LogP contribution in [0.25, 0.3) is 10.8 Å². The maximum atomic E-state index is 4.59. The zero-order valence-corrected chi connectivity index (χ0v) is 11.8. The quantitative estimate of drug-likeness (QED) is 0.812. The van der Waals surface area contributed by atoms with Gasteiger partial charge in [0.05, 0.1) is 5.69 Å². The number of nitrogens with zero attached hydrogens (tertiary/aromatic N) is 2. The summed E-state index contributed by atoms with van der Waals surface area (Å²) >= 11 is 0. The van der Waals surface area contributed by atoms with Gasteiger partial charge in [0.2, 0.25) is 0 Å². The Kier molecular flexibility index (Phi) is 3.97. The molecule has 0 saturated carbocycles. The van der Waals surface area contributed by atoms with Gasteiger partial charge in [0, 0.05) is 18.1 Å². The van der Waals surface area contributed by atoms with E-state index in [1.165, 1.54) is 21.9 Å². The molecule has 96 valence electrons. The van der Waals surface area contributed by atoms with Crippen LogP contribution in [0.1, 0.15) is 30.7 Å². The molecule has 0 saturated heterocycles. The third kappa shape index (κ3) is 2.70. The van der Waals surface area contributed by atoms with Gasteiger partial charge in [-0.05, 0) is 44.0 Å². The highest BCUT2D eigenvalue weighted by atomic mass is 15.1. The Morgan fingerprint density at radius 3 is 2.44 bits per heavy atom. The molecular weight excluding hydrogens is 220 g/mol. The van der Waals surface area contributed by atoms with Crippen LogP contribution in [0.3, 0.4) is 0 Å². The molecule has 0 unspecified atom stereocenters. The molecule has 0 amide bonds. The van der Waals surface area contributed by atoms with E-state index in [9.17, 15) is 0 Å². The van der Waals surface area contributed by atoms with Crippen LogP contribution in [0.15, 0.2) is 24.4 Å². The molecule has 0 aliphatic carbocycles. The third-order valence-electron chi connectivity index (χ3n) is 3.52. The molecule has 0 aliphatic rings. The number of pyridine rings is 1. The highest BCUT2D eigenvalue weighted by Gasteiger charge is 2.05. The molecule has 1 aromatic heterocycles. The van der Waals surface area contributed by atoms with Gasteiger partial charge in [-0.15, -0.1) is 0 Å². The molecule has 0 radical (unpaired) electrons. The third-order valence-corrected chi connectivity index (χ3v) is 3.52. The zero-order valence-electron chi connectivity index (χ0n) is 11.8. The topological polar surface area (TPSA) is 16.1 Å². The number of aryl methyl sites for hydroxylation is 2. The molecule has 1 heterocycles. The van der Waals surface area contributed by atoms with Crippen molar-refractivity contribution in [1.29, 1.82) is 0 Å². The highest BCUT2D eigenvalue weighted by Crippen LogP contribution is 2.20. The summed E-state index contributed by atoms with van der Waals surface area (Å²) in [5.74, 6) is 0. The monoisotopic (exact) mass is 242 g/mol. The van der Waals surface area contributed by atoms with Gasteiger partial charge in [0.15, 0.2) is 0 Å². The van der Waals surface area contributed by atoms with Crippen molar-refractivity contribution in [1.82, 2.24) is 9.88 Å². The van der Waals surface area contributed by atoms with Crippen LogP contribution in [0.5, 0.6) is 0 Å². The number of rotatable bonds is 4. The second-order valence-corrected chi connectivity index (χ2v) is 4.94. The summed E-state index contributed by atoms with van der Waals surface area (Å²) < 4.78 is 0. The maximum Gasteiger partial charge on any atom is 0.0550 e. The highest BCUT2D eigenvalue weighted by molar-refractivity contribution is 5.85. The van der Waals surface area contributed by atoms with Gasteiger partial charge in [0.1, 0.15) is 0 Å². The maximum absolute atomic E-state index is 4.59. The summed E-state index contributed by atoms with van der Waals surface area (Å²) in [6, 6.07) is 6.69. The Bertz CT molecular complexity index is 542. The lowest BCUT2D eigenvalue weighted by Gasteiger charge is -2.17. The fraction of sp³-hybridized carbons (Fsp3) is 0.438. The molecule has 2 rings (SSSR count). The first-order valence-electron chi connectivity index (χ1n) is 6.72. The van der Waals surface area contributed by atoms with Gasteiger partial charge in [-0.3, -0.25) is 9.88 Å². The van der Waals surface area contributed by atoms with Crippen LogP contribution < -0.4 is 0 Å². The summed E-state index contributed by atoms with van der Waals surface area (Å²) in [5, 5.41) is 2.58. The number of hydrogen-bond acceptors (Lipinski definition) is 2. The van der Waals surface area contributed by atoms with Crippen LogP contribution in [0.2, 0.25) is 0 Å². The average molecular weight is 242 g/mol. The van der Waals surface area contributed by atoms with Crippen LogP contribution in [-0.4, -0.2) is 23.0 Å². The predicted molar refractivity (Wildman–Crippen MR) is 77.8 cm³/mol. The van der Waals surface area contributed by atoms with Crippen LogP contribution in [-0.2, 0) is 6.54 Å².